The highest BCUT2D eigenvalue weighted by molar-refractivity contribution is 5.46. The molecule has 1 N–H and O–H groups in total. The minimum Gasteiger partial charge on any atom is -0.367 e. The highest BCUT2D eigenvalue weighted by atomic mass is 15.2. The first-order chi connectivity index (χ1) is 9.76. The minimum atomic E-state index is 0.479. The Kier molecular flexibility index (Phi) is 5.84. The van der Waals surface area contributed by atoms with Crippen molar-refractivity contribution in [1.29, 1.82) is 0 Å². The molecule has 1 aromatic rings. The average Bonchev–Trinajstić information content (AvgIpc) is 2.49. The Morgan fingerprint density at radius 2 is 2.25 bits per heavy atom. The van der Waals surface area contributed by atoms with E-state index in [9.17, 15) is 0 Å². The molecule has 0 amide bonds. The molecule has 3 nitrogen and oxygen atoms in total. The first kappa shape index (κ1) is 15.3. The summed E-state index contributed by atoms with van der Waals surface area (Å²) in [6, 6.07) is 5.36. The number of likely N-dealkylation sites (tertiary alicyclic amines) is 1. The van der Waals surface area contributed by atoms with Crippen molar-refractivity contribution in [1.82, 2.24) is 9.88 Å². The molecule has 0 aromatic carbocycles. The lowest BCUT2D eigenvalue weighted by Crippen LogP contribution is -2.34. The Balaban J connectivity index is 2.20. The SMILES string of the molecule is CCCN1CCCC[C@@H]1c1cccnc1N[C@@H](C)CC. The second kappa shape index (κ2) is 7.63. The van der Waals surface area contributed by atoms with Crippen LogP contribution in [0.25, 0.3) is 0 Å². The van der Waals surface area contributed by atoms with Gasteiger partial charge in [0, 0.05) is 23.8 Å². The molecule has 2 rings (SSSR count). The van der Waals surface area contributed by atoms with Gasteiger partial charge in [0.05, 0.1) is 0 Å². The van der Waals surface area contributed by atoms with Crippen LogP contribution < -0.4 is 5.32 Å². The summed E-state index contributed by atoms with van der Waals surface area (Å²) in [6.07, 6.45) is 8.19. The Hall–Kier alpha value is -1.09. The van der Waals surface area contributed by atoms with Gasteiger partial charge in [-0.3, -0.25) is 4.90 Å². The Bertz CT molecular complexity index is 403. The van der Waals surface area contributed by atoms with Crippen LogP contribution in [0.15, 0.2) is 18.3 Å². The van der Waals surface area contributed by atoms with E-state index >= 15 is 0 Å². The number of hydrogen-bond acceptors (Lipinski definition) is 3. The van der Waals surface area contributed by atoms with E-state index in [0.717, 1.165) is 12.2 Å². The molecule has 0 bridgehead atoms. The lowest BCUT2D eigenvalue weighted by molar-refractivity contribution is 0.149. The molecule has 1 aromatic heterocycles. The first-order valence-corrected chi connectivity index (χ1v) is 8.21. The van der Waals surface area contributed by atoms with Crippen LogP contribution in [0, 0.1) is 0 Å². The largest absolute Gasteiger partial charge is 0.367 e. The predicted octanol–water partition coefficient (Wildman–Crippen LogP) is 4.23. The van der Waals surface area contributed by atoms with E-state index in [1.807, 2.05) is 6.20 Å². The summed E-state index contributed by atoms with van der Waals surface area (Å²) in [5.41, 5.74) is 1.39. The maximum atomic E-state index is 4.60. The van der Waals surface area contributed by atoms with Crippen LogP contribution in [0.2, 0.25) is 0 Å². The molecule has 1 aliphatic rings. The molecule has 0 unspecified atom stereocenters. The molecular formula is C17H29N3. The third-order valence-electron chi connectivity index (χ3n) is 4.32. The molecular weight excluding hydrogens is 246 g/mol. The number of aromatic nitrogens is 1. The fourth-order valence-corrected chi connectivity index (χ4v) is 3.04. The lowest BCUT2D eigenvalue weighted by Gasteiger charge is -2.36. The molecule has 2 heterocycles. The van der Waals surface area contributed by atoms with Crippen molar-refractivity contribution in [2.75, 3.05) is 18.4 Å². The number of piperidine rings is 1. The van der Waals surface area contributed by atoms with E-state index in [1.54, 1.807) is 0 Å². The van der Waals surface area contributed by atoms with Gasteiger partial charge in [0.15, 0.2) is 0 Å². The second-order valence-corrected chi connectivity index (χ2v) is 5.94. The third-order valence-corrected chi connectivity index (χ3v) is 4.32. The summed E-state index contributed by atoms with van der Waals surface area (Å²) in [7, 11) is 0. The number of nitrogens with one attached hydrogen (secondary N) is 1. The summed E-state index contributed by atoms with van der Waals surface area (Å²) in [6.45, 7) is 9.14. The van der Waals surface area contributed by atoms with Crippen molar-refractivity contribution in [3.8, 4) is 0 Å². The zero-order valence-corrected chi connectivity index (χ0v) is 13.2. The van der Waals surface area contributed by atoms with Gasteiger partial charge in [0.2, 0.25) is 0 Å². The fraction of sp³-hybridized carbons (Fsp3) is 0.706. The fourth-order valence-electron chi connectivity index (χ4n) is 3.04. The molecule has 3 heteroatoms. The minimum absolute atomic E-state index is 0.479. The van der Waals surface area contributed by atoms with Crippen molar-refractivity contribution in [2.45, 2.75) is 65.0 Å². The third kappa shape index (κ3) is 3.72. The second-order valence-electron chi connectivity index (χ2n) is 5.94. The average molecular weight is 275 g/mol. The summed E-state index contributed by atoms with van der Waals surface area (Å²) >= 11 is 0. The standard InChI is InChI=1S/C17H29N3/c1-4-12-20-13-7-6-10-16(20)15-9-8-11-18-17(15)19-14(3)5-2/h8-9,11,14,16H,4-7,10,12-13H2,1-3H3,(H,18,19)/t14-,16+/m0/s1. The molecule has 20 heavy (non-hydrogen) atoms. The zero-order valence-electron chi connectivity index (χ0n) is 13.2. The van der Waals surface area contributed by atoms with Crippen LogP contribution in [-0.2, 0) is 0 Å². The molecule has 2 atom stereocenters. The van der Waals surface area contributed by atoms with Crippen molar-refractivity contribution in [2.24, 2.45) is 0 Å². The van der Waals surface area contributed by atoms with Gasteiger partial charge < -0.3 is 5.32 Å². The molecule has 0 spiro atoms. The molecule has 1 saturated heterocycles. The number of nitrogens with zero attached hydrogens (tertiary/aromatic N) is 2. The smallest absolute Gasteiger partial charge is 0.130 e. The summed E-state index contributed by atoms with van der Waals surface area (Å²) in [4.78, 5) is 7.24. The van der Waals surface area contributed by atoms with Gasteiger partial charge in [0.25, 0.3) is 0 Å². The summed E-state index contributed by atoms with van der Waals surface area (Å²) < 4.78 is 0. The van der Waals surface area contributed by atoms with Crippen LogP contribution in [0.3, 0.4) is 0 Å². The van der Waals surface area contributed by atoms with E-state index in [-0.39, 0.29) is 0 Å². The highest BCUT2D eigenvalue weighted by Gasteiger charge is 2.25. The molecule has 1 fully saturated rings. The normalized spacial score (nSPS) is 21.6. The van der Waals surface area contributed by atoms with Gasteiger partial charge >= 0.3 is 0 Å². The van der Waals surface area contributed by atoms with Gasteiger partial charge in [0.1, 0.15) is 5.82 Å². The van der Waals surface area contributed by atoms with Gasteiger partial charge in [-0.25, -0.2) is 4.98 Å². The van der Waals surface area contributed by atoms with E-state index < -0.39 is 0 Å². The quantitative estimate of drug-likeness (QED) is 0.842. The van der Waals surface area contributed by atoms with Crippen molar-refractivity contribution < 1.29 is 0 Å². The lowest BCUT2D eigenvalue weighted by atomic mass is 9.95. The first-order valence-electron chi connectivity index (χ1n) is 8.21. The van der Waals surface area contributed by atoms with Crippen LogP contribution in [0.5, 0.6) is 0 Å². The van der Waals surface area contributed by atoms with Crippen LogP contribution in [0.4, 0.5) is 5.82 Å². The van der Waals surface area contributed by atoms with E-state index in [1.165, 1.54) is 44.3 Å². The van der Waals surface area contributed by atoms with E-state index in [4.69, 9.17) is 0 Å². The van der Waals surface area contributed by atoms with Crippen LogP contribution in [-0.4, -0.2) is 29.0 Å². The molecule has 0 aliphatic carbocycles. The maximum absolute atomic E-state index is 4.60. The zero-order chi connectivity index (χ0) is 14.4. The summed E-state index contributed by atoms with van der Waals surface area (Å²) in [5, 5.41) is 3.58. The maximum Gasteiger partial charge on any atom is 0.130 e. The number of hydrogen-bond donors (Lipinski definition) is 1. The van der Waals surface area contributed by atoms with Gasteiger partial charge in [-0.15, -0.1) is 0 Å². The highest BCUT2D eigenvalue weighted by Crippen LogP contribution is 2.34. The van der Waals surface area contributed by atoms with Gasteiger partial charge in [-0.1, -0.05) is 26.3 Å². The molecule has 112 valence electrons. The number of rotatable bonds is 6. The predicted molar refractivity (Wildman–Crippen MR) is 86.1 cm³/mol. The Morgan fingerprint density at radius 3 is 3.00 bits per heavy atom. The molecule has 1 aliphatic heterocycles. The van der Waals surface area contributed by atoms with Crippen LogP contribution in [0.1, 0.15) is 64.5 Å². The van der Waals surface area contributed by atoms with E-state index in [0.29, 0.717) is 12.1 Å². The van der Waals surface area contributed by atoms with Crippen molar-refractivity contribution in [3.05, 3.63) is 23.9 Å². The van der Waals surface area contributed by atoms with Crippen molar-refractivity contribution in [3.63, 3.8) is 0 Å². The molecule has 0 saturated carbocycles. The van der Waals surface area contributed by atoms with Gasteiger partial charge in [-0.05, 0) is 51.8 Å². The summed E-state index contributed by atoms with van der Waals surface area (Å²) in [5.74, 6) is 1.09. The Labute approximate surface area is 123 Å². The Morgan fingerprint density at radius 1 is 1.40 bits per heavy atom. The van der Waals surface area contributed by atoms with Crippen molar-refractivity contribution >= 4 is 5.82 Å². The molecule has 0 radical (unpaired) electrons. The monoisotopic (exact) mass is 275 g/mol. The topological polar surface area (TPSA) is 28.2 Å². The van der Waals surface area contributed by atoms with Crippen LogP contribution >= 0.6 is 0 Å². The number of anilines is 1. The number of pyridine rings is 1. The van der Waals surface area contributed by atoms with E-state index in [2.05, 4.69) is 48.1 Å². The van der Waals surface area contributed by atoms with Gasteiger partial charge in [-0.2, -0.15) is 0 Å².